The second kappa shape index (κ2) is 5.59. The van der Waals surface area contributed by atoms with Crippen LogP contribution in [0, 0.1) is 5.92 Å². The number of fused-ring (bicyclic) bond motifs is 3. The van der Waals surface area contributed by atoms with Crippen molar-refractivity contribution in [2.75, 3.05) is 6.61 Å². The van der Waals surface area contributed by atoms with Crippen LogP contribution in [0.25, 0.3) is 11.1 Å². The van der Waals surface area contributed by atoms with Gasteiger partial charge in [-0.15, -0.1) is 0 Å². The van der Waals surface area contributed by atoms with E-state index in [9.17, 15) is 13.2 Å². The summed E-state index contributed by atoms with van der Waals surface area (Å²) in [5.41, 5.74) is 5.52. The van der Waals surface area contributed by atoms with Gasteiger partial charge in [0.15, 0.2) is 0 Å². The van der Waals surface area contributed by atoms with Crippen molar-refractivity contribution in [1.82, 2.24) is 0 Å². The molecule has 0 spiro atoms. The Morgan fingerprint density at radius 1 is 0.900 bits per heavy atom. The van der Waals surface area contributed by atoms with E-state index >= 15 is 0 Å². The Morgan fingerprint density at radius 3 is 1.60 bits per heavy atom. The highest BCUT2D eigenvalue weighted by Gasteiger charge is 2.32. The molecule has 0 aromatic heterocycles. The number of benzene rings is 2. The van der Waals surface area contributed by atoms with Gasteiger partial charge in [-0.25, -0.2) is 0 Å². The van der Waals surface area contributed by atoms with Gasteiger partial charge in [0.25, 0.3) is 0 Å². The summed E-state index contributed by atoms with van der Waals surface area (Å²) in [7, 11) is 0. The van der Waals surface area contributed by atoms with Gasteiger partial charge in [-0.2, -0.15) is 13.2 Å². The van der Waals surface area contributed by atoms with E-state index in [1.54, 1.807) is 0 Å². The van der Waals surface area contributed by atoms with Crippen LogP contribution in [-0.2, 0) is 0 Å². The standard InChI is InChI=1S/C14H11.C2H2F3O/c1-10-11-6-2-4-8-13(11)14-9-5-3-7-12(10)14;3-2(4,5)1-6/h2-9H,1H3;1H2/q+1;-1. The summed E-state index contributed by atoms with van der Waals surface area (Å²) in [6, 6.07) is 17.2. The molecule has 4 heteroatoms. The average Bonchev–Trinajstić information content (AvgIpc) is 2.74. The van der Waals surface area contributed by atoms with Gasteiger partial charge in [-0.1, -0.05) is 0 Å². The Hall–Kier alpha value is -1.94. The zero-order valence-corrected chi connectivity index (χ0v) is 10.9. The lowest BCUT2D eigenvalue weighted by molar-refractivity contribution is -0.426. The van der Waals surface area contributed by atoms with Crippen LogP contribution in [0.1, 0.15) is 18.1 Å². The molecule has 0 fully saturated rings. The minimum Gasteiger partial charge on any atom is -0.848 e. The highest BCUT2D eigenvalue weighted by atomic mass is 19.4. The molecule has 0 atom stereocenters. The molecular weight excluding hydrogens is 265 g/mol. The molecule has 0 heterocycles. The molecule has 1 aliphatic rings. The second-order valence-corrected chi connectivity index (χ2v) is 4.48. The number of rotatable bonds is 0. The molecule has 0 unspecified atom stereocenters. The zero-order valence-electron chi connectivity index (χ0n) is 10.9. The largest absolute Gasteiger partial charge is 0.848 e. The summed E-state index contributed by atoms with van der Waals surface area (Å²) in [4.78, 5) is 0. The van der Waals surface area contributed by atoms with Crippen molar-refractivity contribution < 1.29 is 18.3 Å². The van der Waals surface area contributed by atoms with Gasteiger partial charge in [0.05, 0.1) is 22.3 Å². The number of hydrogen-bond acceptors (Lipinski definition) is 1. The van der Waals surface area contributed by atoms with Crippen LogP contribution in [0.4, 0.5) is 13.2 Å². The molecule has 0 aliphatic heterocycles. The van der Waals surface area contributed by atoms with Gasteiger partial charge in [0.2, 0.25) is 0 Å². The Balaban J connectivity index is 0.000000212. The maximum Gasteiger partial charge on any atom is 0.374 e. The van der Waals surface area contributed by atoms with Crippen molar-refractivity contribution in [1.29, 1.82) is 0 Å². The van der Waals surface area contributed by atoms with Crippen LogP contribution in [0.5, 0.6) is 0 Å². The second-order valence-electron chi connectivity index (χ2n) is 4.48. The number of halogens is 3. The predicted octanol–water partition coefficient (Wildman–Crippen LogP) is 3.57. The van der Waals surface area contributed by atoms with E-state index in [1.165, 1.54) is 28.2 Å². The van der Waals surface area contributed by atoms with E-state index in [0.717, 1.165) is 0 Å². The maximum absolute atomic E-state index is 10.5. The summed E-state index contributed by atoms with van der Waals surface area (Å²) in [5.74, 6) is 1.40. The molecule has 0 saturated carbocycles. The molecular formula is C16H13F3O. The fourth-order valence-electron chi connectivity index (χ4n) is 2.24. The molecule has 3 rings (SSSR count). The molecule has 0 saturated heterocycles. The maximum atomic E-state index is 10.5. The van der Waals surface area contributed by atoms with Gasteiger partial charge in [-0.05, 0) is 49.9 Å². The first-order valence-corrected chi connectivity index (χ1v) is 6.11. The van der Waals surface area contributed by atoms with Gasteiger partial charge < -0.3 is 5.11 Å². The fraction of sp³-hybridized carbons (Fsp3) is 0.188. The van der Waals surface area contributed by atoms with E-state index in [4.69, 9.17) is 5.11 Å². The van der Waals surface area contributed by atoms with E-state index in [-0.39, 0.29) is 0 Å². The van der Waals surface area contributed by atoms with Crippen LogP contribution in [0.2, 0.25) is 0 Å². The van der Waals surface area contributed by atoms with E-state index in [1.807, 2.05) is 0 Å². The van der Waals surface area contributed by atoms with Crippen molar-refractivity contribution in [2.24, 2.45) is 0 Å². The molecule has 104 valence electrons. The minimum atomic E-state index is -4.51. The van der Waals surface area contributed by atoms with Crippen LogP contribution in [0.3, 0.4) is 0 Å². The van der Waals surface area contributed by atoms with Gasteiger partial charge in [0.1, 0.15) is 0 Å². The van der Waals surface area contributed by atoms with Crippen LogP contribution in [-0.4, -0.2) is 12.8 Å². The van der Waals surface area contributed by atoms with E-state index in [2.05, 4.69) is 55.5 Å². The lowest BCUT2D eigenvalue weighted by Gasteiger charge is -2.06. The first-order valence-electron chi connectivity index (χ1n) is 6.11. The Morgan fingerprint density at radius 2 is 1.25 bits per heavy atom. The summed E-state index contributed by atoms with van der Waals surface area (Å²) < 4.78 is 31.4. The van der Waals surface area contributed by atoms with E-state index in [0.29, 0.717) is 0 Å². The highest BCUT2D eigenvalue weighted by Crippen LogP contribution is 2.43. The number of alkyl halides is 3. The molecule has 0 amide bonds. The lowest BCUT2D eigenvalue weighted by Crippen LogP contribution is -2.24. The molecule has 1 aliphatic carbocycles. The molecule has 2 aromatic rings. The molecule has 0 bridgehead atoms. The van der Waals surface area contributed by atoms with Crippen LogP contribution >= 0.6 is 0 Å². The van der Waals surface area contributed by atoms with Crippen LogP contribution < -0.4 is 5.11 Å². The third-order valence-corrected chi connectivity index (χ3v) is 3.12. The Labute approximate surface area is 115 Å². The molecule has 0 radical (unpaired) electrons. The van der Waals surface area contributed by atoms with Gasteiger partial charge in [-0.3, -0.25) is 0 Å². The van der Waals surface area contributed by atoms with Crippen LogP contribution in [0.15, 0.2) is 48.5 Å². The summed E-state index contributed by atoms with van der Waals surface area (Å²) in [6.07, 6.45) is -4.51. The Bertz CT molecular complexity index is 545. The third-order valence-electron chi connectivity index (χ3n) is 3.12. The monoisotopic (exact) mass is 278 g/mol. The fourth-order valence-corrected chi connectivity index (χ4v) is 2.24. The molecule has 1 nitrogen and oxygen atoms in total. The summed E-state index contributed by atoms with van der Waals surface area (Å²) >= 11 is 0. The quantitative estimate of drug-likeness (QED) is 0.676. The topological polar surface area (TPSA) is 23.1 Å². The lowest BCUT2D eigenvalue weighted by atomic mass is 10.00. The smallest absolute Gasteiger partial charge is 0.374 e. The SMILES string of the molecule is C[C+]1c2ccccc2-c2ccccc21.[O-]CC(F)(F)F. The highest BCUT2D eigenvalue weighted by molar-refractivity contribution is 5.83. The predicted molar refractivity (Wildman–Crippen MR) is 69.9 cm³/mol. The first-order chi connectivity index (χ1) is 9.44. The van der Waals surface area contributed by atoms with Gasteiger partial charge in [0, 0.05) is 18.1 Å². The number of hydrogen-bond donors (Lipinski definition) is 0. The molecule has 20 heavy (non-hydrogen) atoms. The van der Waals surface area contributed by atoms with Crippen molar-refractivity contribution in [2.45, 2.75) is 13.1 Å². The molecule has 0 N–H and O–H groups in total. The summed E-state index contributed by atoms with van der Waals surface area (Å²) in [5, 5.41) is 8.83. The molecule has 2 aromatic carbocycles. The average molecular weight is 278 g/mol. The first kappa shape index (κ1) is 14.5. The third kappa shape index (κ3) is 2.96. The van der Waals surface area contributed by atoms with Crippen molar-refractivity contribution in [3.05, 3.63) is 65.6 Å². The van der Waals surface area contributed by atoms with Crippen molar-refractivity contribution in [3.8, 4) is 11.1 Å². The minimum absolute atomic E-state index is 1.38. The Kier molecular flexibility index (Phi) is 4.04. The summed E-state index contributed by atoms with van der Waals surface area (Å²) in [6.45, 7) is 0.220. The van der Waals surface area contributed by atoms with Crippen molar-refractivity contribution in [3.63, 3.8) is 0 Å². The van der Waals surface area contributed by atoms with E-state index < -0.39 is 12.8 Å². The van der Waals surface area contributed by atoms with Crippen molar-refractivity contribution >= 4 is 0 Å². The van der Waals surface area contributed by atoms with Gasteiger partial charge >= 0.3 is 6.18 Å². The zero-order chi connectivity index (χ0) is 14.8. The normalized spacial score (nSPS) is 12.3.